The van der Waals surface area contributed by atoms with Gasteiger partial charge in [-0.25, -0.2) is 0 Å². The molecule has 0 bridgehead atoms. The van der Waals surface area contributed by atoms with Crippen molar-refractivity contribution in [2.45, 2.75) is 19.5 Å². The summed E-state index contributed by atoms with van der Waals surface area (Å²) in [6, 6.07) is 13.5. The van der Waals surface area contributed by atoms with Gasteiger partial charge in [0.2, 0.25) is 0 Å². The third-order valence-corrected chi connectivity index (χ3v) is 3.14. The van der Waals surface area contributed by atoms with Gasteiger partial charge in [-0.3, -0.25) is 4.98 Å². The monoisotopic (exact) mass is 267 g/mol. The fourth-order valence-corrected chi connectivity index (χ4v) is 1.99. The molecule has 1 aromatic carbocycles. The van der Waals surface area contributed by atoms with Gasteiger partial charge in [0, 0.05) is 24.3 Å². The molecule has 1 N–H and O–H groups in total. The summed E-state index contributed by atoms with van der Waals surface area (Å²) in [5.74, 6) is 0.782. The average molecular weight is 267 g/mol. The van der Waals surface area contributed by atoms with Crippen LogP contribution in [0.1, 0.15) is 29.8 Å². The van der Waals surface area contributed by atoms with Crippen molar-refractivity contribution >= 4 is 0 Å². The Morgan fingerprint density at radius 1 is 1.35 bits per heavy atom. The zero-order valence-corrected chi connectivity index (χ0v) is 11.6. The van der Waals surface area contributed by atoms with Gasteiger partial charge in [0.15, 0.2) is 0 Å². The molecule has 2 aromatic rings. The molecule has 2 rings (SSSR count). The van der Waals surface area contributed by atoms with Gasteiger partial charge in [-0.05, 0) is 37.3 Å². The van der Waals surface area contributed by atoms with Gasteiger partial charge < -0.3 is 10.1 Å². The van der Waals surface area contributed by atoms with E-state index in [4.69, 9.17) is 10.00 Å². The number of ether oxygens (including phenoxy) is 1. The van der Waals surface area contributed by atoms with Crippen molar-refractivity contribution < 1.29 is 4.74 Å². The third kappa shape index (κ3) is 3.34. The lowest BCUT2D eigenvalue weighted by atomic mass is 10.1. The van der Waals surface area contributed by atoms with Crippen molar-refractivity contribution in [1.82, 2.24) is 10.3 Å². The molecule has 4 nitrogen and oxygen atoms in total. The maximum atomic E-state index is 8.96. The minimum atomic E-state index is 0.131. The Morgan fingerprint density at radius 3 is 2.85 bits per heavy atom. The van der Waals surface area contributed by atoms with E-state index in [0.29, 0.717) is 12.1 Å². The van der Waals surface area contributed by atoms with Crippen LogP contribution in [-0.2, 0) is 6.54 Å². The summed E-state index contributed by atoms with van der Waals surface area (Å²) in [6.45, 7) is 2.68. The fourth-order valence-electron chi connectivity index (χ4n) is 1.99. The van der Waals surface area contributed by atoms with E-state index >= 15 is 0 Å². The summed E-state index contributed by atoms with van der Waals surface area (Å²) in [6.07, 6.45) is 1.78. The predicted octanol–water partition coefficient (Wildman–Crippen LogP) is 2.81. The molecule has 0 unspecified atom stereocenters. The van der Waals surface area contributed by atoms with Gasteiger partial charge in [-0.1, -0.05) is 6.07 Å². The first-order valence-electron chi connectivity index (χ1n) is 6.46. The molecule has 0 radical (unpaired) electrons. The van der Waals surface area contributed by atoms with Gasteiger partial charge in [0.05, 0.1) is 24.4 Å². The Labute approximate surface area is 119 Å². The van der Waals surface area contributed by atoms with Crippen LogP contribution in [-0.4, -0.2) is 12.1 Å². The summed E-state index contributed by atoms with van der Waals surface area (Å²) in [7, 11) is 1.63. The number of hydrogen-bond donors (Lipinski definition) is 1. The first-order chi connectivity index (χ1) is 9.74. The lowest BCUT2D eigenvalue weighted by molar-refractivity contribution is 0.406. The van der Waals surface area contributed by atoms with Crippen molar-refractivity contribution in [2.24, 2.45) is 0 Å². The van der Waals surface area contributed by atoms with Crippen LogP contribution in [0.3, 0.4) is 0 Å². The Morgan fingerprint density at radius 2 is 2.20 bits per heavy atom. The first-order valence-corrected chi connectivity index (χ1v) is 6.46. The van der Waals surface area contributed by atoms with E-state index in [1.165, 1.54) is 0 Å². The minimum Gasteiger partial charge on any atom is -0.496 e. The second-order valence-electron chi connectivity index (χ2n) is 4.50. The quantitative estimate of drug-likeness (QED) is 0.905. The standard InChI is InChI=1S/C16H17N3O/c1-12(15-5-3-4-8-18-15)19-11-14-9-13(10-17)6-7-16(14)20-2/h3-9,12,19H,11H2,1-2H3/t12-/m1/s1. The predicted molar refractivity (Wildman–Crippen MR) is 77.2 cm³/mol. The fraction of sp³-hybridized carbons (Fsp3) is 0.250. The van der Waals surface area contributed by atoms with Gasteiger partial charge in [-0.2, -0.15) is 5.26 Å². The number of nitriles is 1. The van der Waals surface area contributed by atoms with Crippen molar-refractivity contribution in [3.63, 3.8) is 0 Å². The molecule has 0 amide bonds. The van der Waals surface area contributed by atoms with Gasteiger partial charge in [0.1, 0.15) is 5.75 Å². The number of hydrogen-bond acceptors (Lipinski definition) is 4. The third-order valence-electron chi connectivity index (χ3n) is 3.14. The Hall–Kier alpha value is -2.38. The van der Waals surface area contributed by atoms with Crippen molar-refractivity contribution in [1.29, 1.82) is 5.26 Å². The largest absolute Gasteiger partial charge is 0.496 e. The highest BCUT2D eigenvalue weighted by Crippen LogP contribution is 2.20. The Bertz CT molecular complexity index is 605. The molecule has 1 atom stereocenters. The van der Waals surface area contributed by atoms with Crippen LogP contribution in [0.4, 0.5) is 0 Å². The summed E-state index contributed by atoms with van der Waals surface area (Å²) < 4.78 is 5.32. The molecule has 0 aliphatic carbocycles. The Kier molecular flexibility index (Phi) is 4.70. The van der Waals surface area contributed by atoms with Gasteiger partial charge in [0.25, 0.3) is 0 Å². The summed E-state index contributed by atoms with van der Waals surface area (Å²) in [5, 5.41) is 12.3. The molecule has 0 spiro atoms. The highest BCUT2D eigenvalue weighted by Gasteiger charge is 2.09. The lowest BCUT2D eigenvalue weighted by Gasteiger charge is -2.15. The second kappa shape index (κ2) is 6.69. The molecule has 20 heavy (non-hydrogen) atoms. The zero-order chi connectivity index (χ0) is 14.4. The number of aromatic nitrogens is 1. The molecule has 0 aliphatic heterocycles. The van der Waals surface area contributed by atoms with Gasteiger partial charge in [-0.15, -0.1) is 0 Å². The van der Waals surface area contributed by atoms with Crippen molar-refractivity contribution in [3.8, 4) is 11.8 Å². The highest BCUT2D eigenvalue weighted by atomic mass is 16.5. The van der Waals surface area contributed by atoms with E-state index in [0.717, 1.165) is 17.0 Å². The highest BCUT2D eigenvalue weighted by molar-refractivity contribution is 5.42. The van der Waals surface area contributed by atoms with Crippen LogP contribution >= 0.6 is 0 Å². The van der Waals surface area contributed by atoms with E-state index in [1.54, 1.807) is 19.4 Å². The lowest BCUT2D eigenvalue weighted by Crippen LogP contribution is -2.19. The second-order valence-corrected chi connectivity index (χ2v) is 4.50. The minimum absolute atomic E-state index is 0.131. The van der Waals surface area contributed by atoms with E-state index in [1.807, 2.05) is 30.3 Å². The molecular formula is C16H17N3O. The maximum Gasteiger partial charge on any atom is 0.123 e. The van der Waals surface area contributed by atoms with Crippen molar-refractivity contribution in [3.05, 3.63) is 59.4 Å². The van der Waals surface area contributed by atoms with E-state index in [2.05, 4.69) is 23.3 Å². The van der Waals surface area contributed by atoms with Gasteiger partial charge >= 0.3 is 0 Å². The SMILES string of the molecule is COc1ccc(C#N)cc1CN[C@H](C)c1ccccn1. The molecule has 1 aromatic heterocycles. The molecule has 0 aliphatic rings. The van der Waals surface area contributed by atoms with Crippen LogP contribution in [0, 0.1) is 11.3 Å². The van der Waals surface area contributed by atoms with Crippen LogP contribution in [0.2, 0.25) is 0 Å². The Balaban J connectivity index is 2.09. The van der Waals surface area contributed by atoms with Crippen LogP contribution < -0.4 is 10.1 Å². The summed E-state index contributed by atoms with van der Waals surface area (Å²) in [5.41, 5.74) is 2.59. The van der Waals surface area contributed by atoms with E-state index < -0.39 is 0 Å². The number of benzene rings is 1. The number of rotatable bonds is 5. The smallest absolute Gasteiger partial charge is 0.123 e. The topological polar surface area (TPSA) is 57.9 Å². The van der Waals surface area contributed by atoms with Crippen LogP contribution in [0.5, 0.6) is 5.75 Å². The van der Waals surface area contributed by atoms with E-state index in [-0.39, 0.29) is 6.04 Å². The molecule has 102 valence electrons. The number of nitrogens with one attached hydrogen (secondary N) is 1. The van der Waals surface area contributed by atoms with E-state index in [9.17, 15) is 0 Å². The van der Waals surface area contributed by atoms with Crippen molar-refractivity contribution in [2.75, 3.05) is 7.11 Å². The van der Waals surface area contributed by atoms with Crippen LogP contribution in [0.25, 0.3) is 0 Å². The normalized spacial score (nSPS) is 11.7. The zero-order valence-electron chi connectivity index (χ0n) is 11.6. The molecule has 1 heterocycles. The maximum absolute atomic E-state index is 8.96. The summed E-state index contributed by atoms with van der Waals surface area (Å²) in [4.78, 5) is 4.32. The molecule has 0 saturated heterocycles. The average Bonchev–Trinajstić information content (AvgIpc) is 2.53. The molecule has 0 fully saturated rings. The first kappa shape index (κ1) is 14.0. The number of methoxy groups -OCH3 is 1. The summed E-state index contributed by atoms with van der Waals surface area (Å²) >= 11 is 0. The molecular weight excluding hydrogens is 250 g/mol. The van der Waals surface area contributed by atoms with Crippen LogP contribution in [0.15, 0.2) is 42.6 Å². The number of nitrogens with zero attached hydrogens (tertiary/aromatic N) is 2. The molecule has 4 heteroatoms. The molecule has 0 saturated carbocycles. The number of pyridine rings is 1.